The van der Waals surface area contributed by atoms with Crippen LogP contribution in [-0.2, 0) is 0 Å². The molecule has 2 aromatic carbocycles. The van der Waals surface area contributed by atoms with E-state index in [4.69, 9.17) is 9.72 Å². The van der Waals surface area contributed by atoms with Gasteiger partial charge in [0.15, 0.2) is 0 Å². The summed E-state index contributed by atoms with van der Waals surface area (Å²) in [6.07, 6.45) is 0. The van der Waals surface area contributed by atoms with E-state index in [1.54, 1.807) is 7.11 Å². The fourth-order valence-corrected chi connectivity index (χ4v) is 3.80. The molecule has 1 fully saturated rings. The van der Waals surface area contributed by atoms with Crippen molar-refractivity contribution >= 4 is 22.5 Å². The van der Waals surface area contributed by atoms with Gasteiger partial charge in [-0.25, -0.2) is 0 Å². The largest absolute Gasteiger partial charge is 0.497 e. The van der Waals surface area contributed by atoms with Crippen LogP contribution in [0.1, 0.15) is 35.8 Å². The summed E-state index contributed by atoms with van der Waals surface area (Å²) in [5, 5.41) is 0.930. The third kappa shape index (κ3) is 3.90. The van der Waals surface area contributed by atoms with Gasteiger partial charge in [0.1, 0.15) is 5.75 Å². The first-order valence-electron chi connectivity index (χ1n) is 10.1. The molecule has 29 heavy (non-hydrogen) atoms. The van der Waals surface area contributed by atoms with Crippen LogP contribution < -0.4 is 9.64 Å². The lowest BCUT2D eigenvalue weighted by atomic mass is 10.0. The number of benzene rings is 2. The quantitative estimate of drug-likeness (QED) is 0.666. The lowest BCUT2D eigenvalue weighted by Gasteiger charge is -2.36. The third-order valence-electron chi connectivity index (χ3n) is 5.56. The molecule has 0 saturated carbocycles. The van der Waals surface area contributed by atoms with E-state index in [1.165, 1.54) is 0 Å². The highest BCUT2D eigenvalue weighted by atomic mass is 16.5. The van der Waals surface area contributed by atoms with E-state index >= 15 is 0 Å². The molecule has 1 saturated heterocycles. The molecule has 4 rings (SSSR count). The maximum atomic E-state index is 13.4. The normalized spacial score (nSPS) is 14.5. The average Bonchev–Trinajstić information content (AvgIpc) is 2.78. The number of methoxy groups -OCH3 is 1. The first-order chi connectivity index (χ1) is 14.1. The molecular formula is C24H27N3O2. The van der Waals surface area contributed by atoms with E-state index in [0.29, 0.717) is 13.1 Å². The highest BCUT2D eigenvalue weighted by Gasteiger charge is 2.24. The van der Waals surface area contributed by atoms with Gasteiger partial charge in [-0.05, 0) is 42.3 Å². The molecule has 3 aromatic rings. The van der Waals surface area contributed by atoms with Crippen molar-refractivity contribution in [2.45, 2.75) is 19.8 Å². The fourth-order valence-electron chi connectivity index (χ4n) is 3.80. The number of para-hydroxylation sites is 1. The molecule has 0 bridgehead atoms. The van der Waals surface area contributed by atoms with Gasteiger partial charge in [0.25, 0.3) is 5.91 Å². The van der Waals surface area contributed by atoms with Gasteiger partial charge in [0, 0.05) is 42.9 Å². The molecule has 0 N–H and O–H groups in total. The lowest BCUT2D eigenvalue weighted by Crippen LogP contribution is -2.48. The minimum atomic E-state index is 0.0971. The summed E-state index contributed by atoms with van der Waals surface area (Å²) in [5.41, 5.74) is 3.77. The van der Waals surface area contributed by atoms with E-state index in [9.17, 15) is 4.79 Å². The molecule has 2 heterocycles. The van der Waals surface area contributed by atoms with E-state index in [1.807, 2.05) is 47.4 Å². The standard InChI is InChI=1S/C24H27N3O2/c1-17(2)23-16-21(20-6-4-5-7-22(20)25-23)24(28)27-14-12-26(13-15-27)18-8-10-19(29-3)11-9-18/h4-11,16-17H,12-15H2,1-3H3. The van der Waals surface area contributed by atoms with Crippen molar-refractivity contribution in [1.82, 2.24) is 9.88 Å². The fraction of sp³-hybridized carbons (Fsp3) is 0.333. The Morgan fingerprint density at radius 1 is 1.00 bits per heavy atom. The second kappa shape index (κ2) is 8.11. The molecule has 1 aliphatic heterocycles. The maximum absolute atomic E-state index is 13.4. The highest BCUT2D eigenvalue weighted by Crippen LogP contribution is 2.25. The lowest BCUT2D eigenvalue weighted by molar-refractivity contribution is 0.0748. The first-order valence-corrected chi connectivity index (χ1v) is 10.1. The van der Waals surface area contributed by atoms with Gasteiger partial charge in [-0.2, -0.15) is 0 Å². The zero-order chi connectivity index (χ0) is 20.4. The van der Waals surface area contributed by atoms with E-state index in [2.05, 4.69) is 30.9 Å². The molecule has 1 aliphatic rings. The number of ether oxygens (including phenoxy) is 1. The number of fused-ring (bicyclic) bond motifs is 1. The Bertz CT molecular complexity index is 1010. The van der Waals surface area contributed by atoms with Crippen molar-refractivity contribution in [3.63, 3.8) is 0 Å². The van der Waals surface area contributed by atoms with Crippen LogP contribution in [0.15, 0.2) is 54.6 Å². The molecule has 5 heteroatoms. The molecule has 0 radical (unpaired) electrons. The van der Waals surface area contributed by atoms with Crippen molar-refractivity contribution in [2.75, 3.05) is 38.2 Å². The third-order valence-corrected chi connectivity index (χ3v) is 5.56. The summed E-state index contributed by atoms with van der Waals surface area (Å²) in [6.45, 7) is 7.27. The number of nitrogens with zero attached hydrogens (tertiary/aromatic N) is 3. The number of anilines is 1. The predicted octanol–water partition coefficient (Wildman–Crippen LogP) is 4.33. The number of rotatable bonds is 4. The second-order valence-corrected chi connectivity index (χ2v) is 7.74. The number of hydrogen-bond donors (Lipinski definition) is 0. The van der Waals surface area contributed by atoms with Crippen molar-refractivity contribution in [1.29, 1.82) is 0 Å². The average molecular weight is 389 g/mol. The summed E-state index contributed by atoms with van der Waals surface area (Å²) in [5.74, 6) is 1.23. The topological polar surface area (TPSA) is 45.7 Å². The number of pyridine rings is 1. The number of carbonyl (C=O) groups is 1. The Kier molecular flexibility index (Phi) is 5.38. The van der Waals surface area contributed by atoms with Crippen molar-refractivity contribution < 1.29 is 9.53 Å². The Labute approximate surface area is 171 Å². The number of amides is 1. The van der Waals surface area contributed by atoms with Gasteiger partial charge in [-0.3, -0.25) is 9.78 Å². The van der Waals surface area contributed by atoms with Crippen LogP contribution in [0.25, 0.3) is 10.9 Å². The SMILES string of the molecule is COc1ccc(N2CCN(C(=O)c3cc(C(C)C)nc4ccccc34)CC2)cc1. The van der Waals surface area contributed by atoms with E-state index < -0.39 is 0 Å². The number of carbonyl (C=O) groups excluding carboxylic acids is 1. The molecule has 0 aliphatic carbocycles. The van der Waals surface area contributed by atoms with Crippen molar-refractivity contribution in [2.24, 2.45) is 0 Å². The number of piperazine rings is 1. The van der Waals surface area contributed by atoms with Gasteiger partial charge < -0.3 is 14.5 Å². The summed E-state index contributed by atoms with van der Waals surface area (Å²) >= 11 is 0. The molecule has 1 aromatic heterocycles. The van der Waals surface area contributed by atoms with Gasteiger partial charge in [-0.1, -0.05) is 32.0 Å². The summed E-state index contributed by atoms with van der Waals surface area (Å²) in [4.78, 5) is 22.4. The Balaban J connectivity index is 1.54. The number of hydrogen-bond acceptors (Lipinski definition) is 4. The van der Waals surface area contributed by atoms with Gasteiger partial charge in [0.05, 0.1) is 18.2 Å². The van der Waals surface area contributed by atoms with Gasteiger partial charge in [0.2, 0.25) is 0 Å². The zero-order valence-electron chi connectivity index (χ0n) is 17.3. The van der Waals surface area contributed by atoms with Crippen LogP contribution in [0.2, 0.25) is 0 Å². The van der Waals surface area contributed by atoms with Crippen LogP contribution in [0.4, 0.5) is 5.69 Å². The summed E-state index contributed by atoms with van der Waals surface area (Å²) in [6, 6.07) is 18.0. The highest BCUT2D eigenvalue weighted by molar-refractivity contribution is 6.06. The minimum absolute atomic E-state index is 0.0971. The van der Waals surface area contributed by atoms with E-state index in [0.717, 1.165) is 46.7 Å². The minimum Gasteiger partial charge on any atom is -0.497 e. The van der Waals surface area contributed by atoms with Crippen molar-refractivity contribution in [3.8, 4) is 5.75 Å². The van der Waals surface area contributed by atoms with E-state index in [-0.39, 0.29) is 11.8 Å². The second-order valence-electron chi connectivity index (χ2n) is 7.74. The first kappa shape index (κ1) is 19.2. The molecular weight excluding hydrogens is 362 g/mol. The van der Waals surface area contributed by atoms with Crippen LogP contribution in [0.5, 0.6) is 5.75 Å². The monoisotopic (exact) mass is 389 g/mol. The summed E-state index contributed by atoms with van der Waals surface area (Å²) in [7, 11) is 1.67. The van der Waals surface area contributed by atoms with Crippen LogP contribution in [0.3, 0.4) is 0 Å². The Hall–Kier alpha value is -3.08. The molecule has 1 amide bonds. The zero-order valence-corrected chi connectivity index (χ0v) is 17.3. The summed E-state index contributed by atoms with van der Waals surface area (Å²) < 4.78 is 5.24. The predicted molar refractivity (Wildman–Crippen MR) is 117 cm³/mol. The van der Waals surface area contributed by atoms with Gasteiger partial charge >= 0.3 is 0 Å². The Morgan fingerprint density at radius 3 is 2.34 bits per heavy atom. The van der Waals surface area contributed by atoms with Crippen LogP contribution in [0, 0.1) is 0 Å². The van der Waals surface area contributed by atoms with Crippen LogP contribution in [-0.4, -0.2) is 49.1 Å². The van der Waals surface area contributed by atoms with Gasteiger partial charge in [-0.15, -0.1) is 0 Å². The molecule has 150 valence electrons. The molecule has 0 spiro atoms. The smallest absolute Gasteiger partial charge is 0.254 e. The van der Waals surface area contributed by atoms with Crippen LogP contribution >= 0.6 is 0 Å². The van der Waals surface area contributed by atoms with Crippen molar-refractivity contribution in [3.05, 3.63) is 65.9 Å². The maximum Gasteiger partial charge on any atom is 0.254 e. The Morgan fingerprint density at radius 2 is 1.69 bits per heavy atom. The molecule has 0 unspecified atom stereocenters. The molecule has 5 nitrogen and oxygen atoms in total. The number of aromatic nitrogens is 1. The molecule has 0 atom stereocenters.